The van der Waals surface area contributed by atoms with Crippen LogP contribution in [-0.4, -0.2) is 28.3 Å². The zero-order valence-electron chi connectivity index (χ0n) is 10.0. The fourth-order valence-electron chi connectivity index (χ4n) is 0.848. The molecule has 0 radical (unpaired) electrons. The summed E-state index contributed by atoms with van der Waals surface area (Å²) in [5.74, 6) is -2.75. The van der Waals surface area contributed by atoms with Crippen molar-refractivity contribution >= 4 is 11.9 Å². The van der Waals surface area contributed by atoms with Gasteiger partial charge in [0.2, 0.25) is 0 Å². The first-order valence-electron chi connectivity index (χ1n) is 4.58. The Morgan fingerprint density at radius 1 is 1.18 bits per heavy atom. The van der Waals surface area contributed by atoms with Gasteiger partial charge in [-0.3, -0.25) is 0 Å². The largest absolute Gasteiger partial charge is 1.00 e. The summed E-state index contributed by atoms with van der Waals surface area (Å²) < 4.78 is 0. The average molecular weight is 264 g/mol. The van der Waals surface area contributed by atoms with Crippen molar-refractivity contribution in [1.29, 1.82) is 0 Å². The molecule has 5 nitrogen and oxygen atoms in total. The predicted molar refractivity (Wildman–Crippen MR) is 55.1 cm³/mol. The number of rotatable bonds is 2. The maximum absolute atomic E-state index is 10.4. The molecule has 2 N–H and O–H groups in total. The Hall–Kier alpha value is -0.244. The third-order valence-corrected chi connectivity index (χ3v) is 1.38. The summed E-state index contributed by atoms with van der Waals surface area (Å²) in [5.41, 5.74) is -0.553. The Labute approximate surface area is 142 Å². The molecule has 0 heterocycles. The van der Waals surface area contributed by atoms with Gasteiger partial charge in [-0.25, -0.2) is 4.79 Å². The van der Waals surface area contributed by atoms with E-state index >= 15 is 0 Å². The van der Waals surface area contributed by atoms with Gasteiger partial charge >= 0.3 is 57.4 Å². The van der Waals surface area contributed by atoms with E-state index in [1.807, 2.05) is 0 Å². The monoisotopic (exact) mass is 264 g/mol. The molecule has 0 aliphatic heterocycles. The van der Waals surface area contributed by atoms with Gasteiger partial charge in [-0.15, -0.1) is 0 Å². The van der Waals surface area contributed by atoms with Crippen LogP contribution in [0.25, 0.3) is 0 Å². The zero-order valence-corrected chi connectivity index (χ0v) is 13.1. The number of benzene rings is 1. The number of carboxylic acids is 2. The third-order valence-electron chi connectivity index (χ3n) is 1.38. The van der Waals surface area contributed by atoms with Crippen molar-refractivity contribution in [3.63, 3.8) is 0 Å². The number of carboxylic acid groups (broad SMARTS) is 2. The van der Waals surface area contributed by atoms with Gasteiger partial charge in [0.25, 0.3) is 0 Å². The number of carbonyl (C=O) groups is 2. The molecule has 0 aliphatic carbocycles. The summed E-state index contributed by atoms with van der Waals surface area (Å²) in [4.78, 5) is 20.8. The van der Waals surface area contributed by atoms with Crippen molar-refractivity contribution in [3.05, 3.63) is 35.4 Å². The molecule has 0 bridgehead atoms. The van der Waals surface area contributed by atoms with E-state index in [-0.39, 0.29) is 68.6 Å². The van der Waals surface area contributed by atoms with Crippen molar-refractivity contribution in [2.45, 2.75) is 20.0 Å². The second-order valence-corrected chi connectivity index (χ2v) is 3.23. The van der Waals surface area contributed by atoms with Gasteiger partial charge in [0.1, 0.15) is 0 Å². The van der Waals surface area contributed by atoms with E-state index in [1.165, 1.54) is 24.3 Å². The molecule has 0 fully saturated rings. The van der Waals surface area contributed by atoms with Crippen LogP contribution in [0, 0.1) is 0 Å². The van der Waals surface area contributed by atoms with Gasteiger partial charge < -0.3 is 20.1 Å². The first-order chi connectivity index (χ1) is 7.36. The maximum Gasteiger partial charge on any atom is 1.00 e. The van der Waals surface area contributed by atoms with E-state index in [1.54, 1.807) is 13.8 Å². The smallest absolute Gasteiger partial charge is 0.545 e. The Bertz CT molecular complexity index is 340. The summed E-state index contributed by atoms with van der Waals surface area (Å²) >= 11 is 0. The molecular weight excluding hydrogens is 251 g/mol. The van der Waals surface area contributed by atoms with E-state index in [0.717, 1.165) is 0 Å². The van der Waals surface area contributed by atoms with Crippen LogP contribution in [0.4, 0.5) is 0 Å². The first-order valence-corrected chi connectivity index (χ1v) is 4.58. The minimum Gasteiger partial charge on any atom is -0.545 e. The number of hydrogen-bond donors (Lipinski definition) is 2. The summed E-state index contributed by atoms with van der Waals surface area (Å²) in [7, 11) is 0. The summed E-state index contributed by atoms with van der Waals surface area (Å²) in [6, 6.07) is 5.31. The van der Waals surface area contributed by atoms with Crippen molar-refractivity contribution in [2.24, 2.45) is 0 Å². The molecule has 1 aromatic rings. The molecule has 1 aromatic carbocycles. The average Bonchev–Trinajstić information content (AvgIpc) is 2.16. The first kappa shape index (κ1) is 19.1. The summed E-state index contributed by atoms with van der Waals surface area (Å²) in [5, 5.41) is 26.9. The molecule has 6 heteroatoms. The number of hydrogen-bond acceptors (Lipinski definition) is 4. The van der Waals surface area contributed by atoms with Crippen molar-refractivity contribution in [1.82, 2.24) is 0 Å². The Kier molecular flexibility index (Phi) is 11.0. The molecule has 0 saturated carbocycles. The molecule has 0 amide bonds. The summed E-state index contributed by atoms with van der Waals surface area (Å²) in [6.45, 7) is 3.44. The standard InChI is InChI=1S/C8H6O4.C3H8O.K/c9-7(10)5-3-1-2-4-6(5)8(11)12;1-3(2)4;/h1-4H,(H,9,10)(H,11,12);3-4H,1-2H3;/q;;+1/p-1. The number of carbonyl (C=O) groups excluding carboxylic acids is 1. The van der Waals surface area contributed by atoms with E-state index in [4.69, 9.17) is 10.2 Å². The van der Waals surface area contributed by atoms with E-state index in [9.17, 15) is 14.7 Å². The van der Waals surface area contributed by atoms with E-state index < -0.39 is 11.9 Å². The maximum atomic E-state index is 10.4. The number of aliphatic hydroxyl groups is 1. The van der Waals surface area contributed by atoms with Crippen LogP contribution in [-0.2, 0) is 0 Å². The third kappa shape index (κ3) is 8.48. The van der Waals surface area contributed by atoms with E-state index in [2.05, 4.69) is 0 Å². The second-order valence-electron chi connectivity index (χ2n) is 3.23. The molecule has 0 aliphatic rings. The molecule has 0 saturated heterocycles. The minimum atomic E-state index is -1.48. The Morgan fingerprint density at radius 3 is 1.76 bits per heavy atom. The molecule has 0 unspecified atom stereocenters. The van der Waals surface area contributed by atoms with Crippen LogP contribution >= 0.6 is 0 Å². The van der Waals surface area contributed by atoms with Crippen molar-refractivity contribution in [2.75, 3.05) is 0 Å². The molecule has 17 heavy (non-hydrogen) atoms. The van der Waals surface area contributed by atoms with Crippen LogP contribution in [0.5, 0.6) is 0 Å². The topological polar surface area (TPSA) is 97.7 Å². The van der Waals surface area contributed by atoms with Gasteiger partial charge in [-0.05, 0) is 19.9 Å². The Morgan fingerprint density at radius 2 is 1.53 bits per heavy atom. The van der Waals surface area contributed by atoms with E-state index in [0.29, 0.717) is 0 Å². The van der Waals surface area contributed by atoms with Crippen LogP contribution in [0.15, 0.2) is 24.3 Å². The van der Waals surface area contributed by atoms with Crippen molar-refractivity contribution in [3.8, 4) is 0 Å². The Balaban J connectivity index is 0. The number of aliphatic hydroxyl groups excluding tert-OH is 1. The van der Waals surface area contributed by atoms with Gasteiger partial charge in [-0.1, -0.05) is 18.2 Å². The molecular formula is C11H13KO5. The SMILES string of the molecule is CC(C)O.O=C([O-])c1ccccc1C(=O)O.[K+]. The zero-order chi connectivity index (χ0) is 12.7. The van der Waals surface area contributed by atoms with Gasteiger partial charge in [-0.2, -0.15) is 0 Å². The molecule has 0 aromatic heterocycles. The van der Waals surface area contributed by atoms with Gasteiger partial charge in [0.15, 0.2) is 0 Å². The fourth-order valence-corrected chi connectivity index (χ4v) is 0.848. The van der Waals surface area contributed by atoms with Crippen molar-refractivity contribution < 1.29 is 76.3 Å². The predicted octanol–water partition coefficient (Wildman–Crippen LogP) is -2.86. The van der Waals surface area contributed by atoms with Crippen LogP contribution in [0.1, 0.15) is 34.6 Å². The normalized spacial score (nSPS) is 8.71. The molecule has 88 valence electrons. The van der Waals surface area contributed by atoms with Gasteiger partial charge in [0.05, 0.1) is 11.5 Å². The summed E-state index contributed by atoms with van der Waals surface area (Å²) in [6.07, 6.45) is -0.167. The second kappa shape index (κ2) is 9.75. The quantitative estimate of drug-likeness (QED) is 0.560. The van der Waals surface area contributed by atoms with Crippen LogP contribution in [0.2, 0.25) is 0 Å². The minimum absolute atomic E-state index is 0. The molecule has 1 rings (SSSR count). The van der Waals surface area contributed by atoms with Crippen LogP contribution < -0.4 is 56.5 Å². The van der Waals surface area contributed by atoms with Crippen LogP contribution in [0.3, 0.4) is 0 Å². The fraction of sp³-hybridized carbons (Fsp3) is 0.273. The van der Waals surface area contributed by atoms with Gasteiger partial charge in [0, 0.05) is 11.7 Å². The molecule has 0 atom stereocenters. The number of aromatic carboxylic acids is 2. The molecule has 0 spiro atoms.